The molecule has 7 heteroatoms. The summed E-state index contributed by atoms with van der Waals surface area (Å²) >= 11 is 1.69. The van der Waals surface area contributed by atoms with Gasteiger partial charge in [-0.2, -0.15) is 0 Å². The summed E-state index contributed by atoms with van der Waals surface area (Å²) < 4.78 is -0.603. The lowest BCUT2D eigenvalue weighted by Crippen LogP contribution is -2.13. The highest BCUT2D eigenvalue weighted by atomic mass is 32.2. The van der Waals surface area contributed by atoms with Crippen LogP contribution in [0.4, 0.5) is 11.4 Å². The van der Waals surface area contributed by atoms with Crippen LogP contribution in [0, 0.1) is 20.2 Å². The molecule has 2 aromatic rings. The van der Waals surface area contributed by atoms with Crippen LogP contribution in [-0.2, 0) is 9.49 Å². The van der Waals surface area contributed by atoms with Crippen LogP contribution in [0.2, 0.25) is 0 Å². The van der Waals surface area contributed by atoms with Gasteiger partial charge < -0.3 is 0 Å². The Morgan fingerprint density at radius 2 is 1.08 bits per heavy atom. The summed E-state index contributed by atoms with van der Waals surface area (Å²) in [5, 5.41) is 22.8. The van der Waals surface area contributed by atoms with E-state index in [1.54, 1.807) is 36.0 Å². The molecule has 0 bridgehead atoms. The van der Waals surface area contributed by atoms with Gasteiger partial charge in [0.25, 0.3) is 11.4 Å². The molecule has 25 heavy (non-hydrogen) atoms. The van der Waals surface area contributed by atoms with E-state index < -0.39 is 0 Å². The lowest BCUT2D eigenvalue weighted by molar-refractivity contribution is -0.385. The standard InChI is InChI=1S/C18H16N2O4S/c21-19(22)15-7-3-1-5-13(15)17(9-10-17)25-18(11-12-18)14-6-2-4-8-16(14)20(23)24/h1-8H,9-12H2. The highest BCUT2D eigenvalue weighted by Gasteiger charge is 2.59. The third-order valence-corrected chi connectivity index (χ3v) is 7.02. The van der Waals surface area contributed by atoms with E-state index >= 15 is 0 Å². The van der Waals surface area contributed by atoms with E-state index in [-0.39, 0.29) is 30.7 Å². The third-order valence-electron chi connectivity index (χ3n) is 4.98. The van der Waals surface area contributed by atoms with Gasteiger partial charge in [-0.3, -0.25) is 20.2 Å². The first-order valence-electron chi connectivity index (χ1n) is 8.15. The molecular formula is C18H16N2O4S. The first-order valence-corrected chi connectivity index (χ1v) is 8.97. The molecule has 0 amide bonds. The Balaban J connectivity index is 1.72. The van der Waals surface area contributed by atoms with Gasteiger partial charge in [0.2, 0.25) is 0 Å². The number of benzene rings is 2. The summed E-state index contributed by atoms with van der Waals surface area (Å²) in [6.07, 6.45) is 3.46. The molecule has 0 atom stereocenters. The molecule has 6 nitrogen and oxygen atoms in total. The Labute approximate surface area is 148 Å². The molecule has 0 unspecified atom stereocenters. The molecule has 0 N–H and O–H groups in total. The number of nitro benzene ring substituents is 2. The van der Waals surface area contributed by atoms with Gasteiger partial charge in [0.05, 0.1) is 9.85 Å². The second kappa shape index (κ2) is 5.56. The van der Waals surface area contributed by atoms with Crippen molar-refractivity contribution in [2.24, 2.45) is 0 Å². The average Bonchev–Trinajstić information content (AvgIpc) is 3.53. The van der Waals surface area contributed by atoms with Crippen LogP contribution in [-0.4, -0.2) is 9.85 Å². The summed E-state index contributed by atoms with van der Waals surface area (Å²) in [6.45, 7) is 0. The van der Waals surface area contributed by atoms with Crippen LogP contribution in [0.25, 0.3) is 0 Å². The van der Waals surface area contributed by atoms with Crippen molar-refractivity contribution in [2.75, 3.05) is 0 Å². The van der Waals surface area contributed by atoms with E-state index in [0.29, 0.717) is 0 Å². The fourth-order valence-corrected chi connectivity index (χ4v) is 5.42. The molecule has 4 rings (SSSR count). The summed E-state index contributed by atoms with van der Waals surface area (Å²) in [5.74, 6) is 0. The zero-order valence-corrected chi connectivity index (χ0v) is 14.2. The molecule has 128 valence electrons. The Hall–Kier alpha value is -2.41. The van der Waals surface area contributed by atoms with Gasteiger partial charge in [-0.05, 0) is 25.7 Å². The molecule has 2 fully saturated rings. The van der Waals surface area contributed by atoms with E-state index in [0.717, 1.165) is 36.8 Å². The van der Waals surface area contributed by atoms with Crippen molar-refractivity contribution >= 4 is 23.1 Å². The first kappa shape index (κ1) is 16.1. The number of hydrogen-bond donors (Lipinski definition) is 0. The molecule has 0 heterocycles. The largest absolute Gasteiger partial charge is 0.273 e. The second-order valence-corrected chi connectivity index (χ2v) is 8.41. The van der Waals surface area contributed by atoms with Crippen molar-refractivity contribution in [3.05, 3.63) is 79.9 Å². The van der Waals surface area contributed by atoms with E-state index in [2.05, 4.69) is 0 Å². The van der Waals surface area contributed by atoms with E-state index in [9.17, 15) is 20.2 Å². The normalized spacial score (nSPS) is 19.2. The third kappa shape index (κ3) is 2.68. The Kier molecular flexibility index (Phi) is 3.57. The maximum absolute atomic E-state index is 11.4. The Morgan fingerprint density at radius 3 is 1.40 bits per heavy atom. The minimum Gasteiger partial charge on any atom is -0.258 e. The van der Waals surface area contributed by atoms with E-state index in [4.69, 9.17) is 0 Å². The zero-order valence-electron chi connectivity index (χ0n) is 13.4. The molecule has 0 spiro atoms. The van der Waals surface area contributed by atoms with Crippen LogP contribution in [0.15, 0.2) is 48.5 Å². The quantitative estimate of drug-likeness (QED) is 0.542. The SMILES string of the molecule is O=[N+]([O-])c1ccccc1C1(SC2(c3ccccc3[N+](=O)[O-])CC2)CC1. The molecule has 0 radical (unpaired) electrons. The zero-order chi connectivity index (χ0) is 17.7. The molecule has 2 aromatic carbocycles. The van der Waals surface area contributed by atoms with Crippen molar-refractivity contribution in [1.82, 2.24) is 0 Å². The molecule has 0 aliphatic heterocycles. The average molecular weight is 356 g/mol. The fraction of sp³-hybridized carbons (Fsp3) is 0.333. The minimum atomic E-state index is -0.333. The smallest absolute Gasteiger partial charge is 0.258 e. The Morgan fingerprint density at radius 1 is 0.720 bits per heavy atom. The highest BCUT2D eigenvalue weighted by molar-refractivity contribution is 8.01. The predicted molar refractivity (Wildman–Crippen MR) is 95.6 cm³/mol. The van der Waals surface area contributed by atoms with Crippen LogP contribution < -0.4 is 0 Å². The number of rotatable bonds is 6. The molecule has 2 saturated carbocycles. The lowest BCUT2D eigenvalue weighted by atomic mass is 10.1. The predicted octanol–water partition coefficient (Wildman–Crippen LogP) is 4.91. The van der Waals surface area contributed by atoms with Crippen LogP contribution in [0.3, 0.4) is 0 Å². The number of nitrogens with zero attached hydrogens (tertiary/aromatic N) is 2. The number of hydrogen-bond acceptors (Lipinski definition) is 5. The second-order valence-electron chi connectivity index (χ2n) is 6.64. The van der Waals surface area contributed by atoms with Crippen LogP contribution >= 0.6 is 11.8 Å². The van der Waals surface area contributed by atoms with Gasteiger partial charge in [0.1, 0.15) is 0 Å². The summed E-state index contributed by atoms with van der Waals surface area (Å²) in [7, 11) is 0. The Bertz CT molecular complexity index is 803. The maximum Gasteiger partial charge on any atom is 0.273 e. The van der Waals surface area contributed by atoms with Crippen molar-refractivity contribution in [1.29, 1.82) is 0 Å². The van der Waals surface area contributed by atoms with Crippen LogP contribution in [0.5, 0.6) is 0 Å². The summed E-state index contributed by atoms with van der Waals surface area (Å²) in [5.41, 5.74) is 1.78. The minimum absolute atomic E-state index is 0.144. The van der Waals surface area contributed by atoms with Gasteiger partial charge in [0, 0.05) is 32.8 Å². The van der Waals surface area contributed by atoms with Gasteiger partial charge in [0.15, 0.2) is 0 Å². The molecule has 0 aromatic heterocycles. The van der Waals surface area contributed by atoms with Crippen molar-refractivity contribution in [3.8, 4) is 0 Å². The monoisotopic (exact) mass is 356 g/mol. The molecule has 2 aliphatic carbocycles. The number of thioether (sulfide) groups is 1. The van der Waals surface area contributed by atoms with Crippen molar-refractivity contribution in [2.45, 2.75) is 35.2 Å². The van der Waals surface area contributed by atoms with Gasteiger partial charge in [-0.1, -0.05) is 36.4 Å². The van der Waals surface area contributed by atoms with Crippen molar-refractivity contribution < 1.29 is 9.85 Å². The van der Waals surface area contributed by atoms with E-state index in [1.165, 1.54) is 0 Å². The number of para-hydroxylation sites is 2. The van der Waals surface area contributed by atoms with Crippen LogP contribution in [0.1, 0.15) is 36.8 Å². The van der Waals surface area contributed by atoms with E-state index in [1.807, 2.05) is 24.3 Å². The van der Waals surface area contributed by atoms with Crippen molar-refractivity contribution in [3.63, 3.8) is 0 Å². The highest BCUT2D eigenvalue weighted by Crippen LogP contribution is 2.71. The fourth-order valence-electron chi connectivity index (χ4n) is 3.49. The summed E-state index contributed by atoms with van der Waals surface area (Å²) in [6, 6.07) is 13.7. The molecular weight excluding hydrogens is 340 g/mol. The van der Waals surface area contributed by atoms with Gasteiger partial charge >= 0.3 is 0 Å². The topological polar surface area (TPSA) is 86.3 Å². The lowest BCUT2D eigenvalue weighted by Gasteiger charge is -2.23. The molecule has 2 aliphatic rings. The van der Waals surface area contributed by atoms with Gasteiger partial charge in [-0.15, -0.1) is 11.8 Å². The van der Waals surface area contributed by atoms with Gasteiger partial charge in [-0.25, -0.2) is 0 Å². The maximum atomic E-state index is 11.4. The number of nitro groups is 2. The molecule has 0 saturated heterocycles. The first-order chi connectivity index (χ1) is 12.0. The summed E-state index contributed by atoms with van der Waals surface area (Å²) in [4.78, 5) is 22.1.